The molecule has 0 saturated heterocycles. The third-order valence-corrected chi connectivity index (χ3v) is 3.44. The minimum Gasteiger partial charge on any atom is -0.481 e. The molecule has 4 N–H and O–H groups in total. The molecule has 7 heteroatoms. The number of carbonyl (C=O) groups excluding carboxylic acids is 2. The lowest BCUT2D eigenvalue weighted by molar-refractivity contribution is -0.151. The van der Waals surface area contributed by atoms with Crippen LogP contribution >= 0.6 is 0 Å². The first-order chi connectivity index (χ1) is 9.88. The van der Waals surface area contributed by atoms with E-state index in [1.165, 1.54) is 6.42 Å². The number of carboxylic acids is 1. The highest BCUT2D eigenvalue weighted by Gasteiger charge is 2.22. The zero-order valence-electron chi connectivity index (χ0n) is 12.3. The second-order valence-electron chi connectivity index (χ2n) is 5.57. The van der Waals surface area contributed by atoms with Gasteiger partial charge < -0.3 is 20.9 Å². The summed E-state index contributed by atoms with van der Waals surface area (Å²) in [7, 11) is 0. The van der Waals surface area contributed by atoms with E-state index in [1.807, 2.05) is 0 Å². The molecule has 120 valence electrons. The number of hydrogen-bond donors (Lipinski definition) is 3. The van der Waals surface area contributed by atoms with E-state index in [0.29, 0.717) is 0 Å². The first kappa shape index (κ1) is 17.4. The third-order valence-electron chi connectivity index (χ3n) is 3.44. The number of rotatable bonds is 7. The predicted molar refractivity (Wildman–Crippen MR) is 75.4 cm³/mol. The molecule has 1 aliphatic carbocycles. The Morgan fingerprint density at radius 2 is 1.86 bits per heavy atom. The van der Waals surface area contributed by atoms with Crippen LogP contribution in [0.15, 0.2) is 0 Å². The second kappa shape index (κ2) is 8.61. The topological polar surface area (TPSA) is 119 Å². The zero-order chi connectivity index (χ0) is 15.8. The van der Waals surface area contributed by atoms with Gasteiger partial charge in [-0.15, -0.1) is 0 Å². The summed E-state index contributed by atoms with van der Waals surface area (Å²) in [5.41, 5.74) is 5.44. The van der Waals surface area contributed by atoms with E-state index in [9.17, 15) is 14.4 Å². The number of hydrogen-bond acceptors (Lipinski definition) is 5. The zero-order valence-corrected chi connectivity index (χ0v) is 12.3. The monoisotopic (exact) mass is 300 g/mol. The van der Waals surface area contributed by atoms with Gasteiger partial charge in [0, 0.05) is 6.04 Å². The van der Waals surface area contributed by atoms with Gasteiger partial charge >= 0.3 is 11.9 Å². The van der Waals surface area contributed by atoms with Gasteiger partial charge in [-0.05, 0) is 32.6 Å². The van der Waals surface area contributed by atoms with Gasteiger partial charge in [0.15, 0.2) is 0 Å². The van der Waals surface area contributed by atoms with Crippen molar-refractivity contribution in [3.63, 3.8) is 0 Å². The molecule has 1 fully saturated rings. The van der Waals surface area contributed by atoms with E-state index in [0.717, 1.165) is 25.7 Å². The molecule has 21 heavy (non-hydrogen) atoms. The molecule has 0 aromatic heterocycles. The molecule has 0 aliphatic heterocycles. The summed E-state index contributed by atoms with van der Waals surface area (Å²) < 4.78 is 5.35. The van der Waals surface area contributed by atoms with Crippen LogP contribution < -0.4 is 11.1 Å². The van der Waals surface area contributed by atoms with Crippen LogP contribution in [0.1, 0.15) is 51.9 Å². The summed E-state index contributed by atoms with van der Waals surface area (Å²) >= 11 is 0. The number of aliphatic carboxylic acids is 1. The first-order valence-electron chi connectivity index (χ1n) is 7.35. The number of esters is 1. The maximum atomic E-state index is 11.8. The number of ether oxygens (including phenoxy) is 1. The summed E-state index contributed by atoms with van der Waals surface area (Å²) in [6.07, 6.45) is 4.74. The Labute approximate surface area is 124 Å². The maximum absolute atomic E-state index is 11.8. The highest BCUT2D eigenvalue weighted by molar-refractivity contribution is 5.86. The van der Waals surface area contributed by atoms with Crippen molar-refractivity contribution in [2.75, 3.05) is 0 Å². The van der Waals surface area contributed by atoms with Crippen molar-refractivity contribution in [1.29, 1.82) is 0 Å². The van der Waals surface area contributed by atoms with E-state index < -0.39 is 30.4 Å². The van der Waals surface area contributed by atoms with Crippen molar-refractivity contribution in [1.82, 2.24) is 5.32 Å². The van der Waals surface area contributed by atoms with Crippen molar-refractivity contribution in [3.8, 4) is 0 Å². The van der Waals surface area contributed by atoms with Crippen molar-refractivity contribution in [2.45, 2.75) is 70.1 Å². The largest absolute Gasteiger partial charge is 0.481 e. The normalized spacial score (nSPS) is 18.6. The number of nitrogens with two attached hydrogens (primary N) is 1. The molecule has 1 saturated carbocycles. The summed E-state index contributed by atoms with van der Waals surface area (Å²) in [5, 5.41) is 11.1. The molecule has 1 aliphatic rings. The Morgan fingerprint density at radius 1 is 1.24 bits per heavy atom. The number of nitrogens with one attached hydrogen (secondary N) is 1. The van der Waals surface area contributed by atoms with Crippen LogP contribution in [-0.4, -0.2) is 41.1 Å². The Bertz CT molecular complexity index is 380. The van der Waals surface area contributed by atoms with Crippen LogP contribution in [0.3, 0.4) is 0 Å². The molecule has 0 radical (unpaired) electrons. The van der Waals surface area contributed by atoms with Gasteiger partial charge in [-0.3, -0.25) is 14.4 Å². The molecule has 0 spiro atoms. The van der Waals surface area contributed by atoms with Crippen molar-refractivity contribution in [2.24, 2.45) is 5.73 Å². The molecule has 1 amide bonds. The lowest BCUT2D eigenvalue weighted by atomic mass is 9.98. The van der Waals surface area contributed by atoms with E-state index >= 15 is 0 Å². The van der Waals surface area contributed by atoms with Gasteiger partial charge in [-0.1, -0.05) is 6.42 Å². The fourth-order valence-electron chi connectivity index (χ4n) is 2.35. The van der Waals surface area contributed by atoms with Gasteiger partial charge in [0.2, 0.25) is 5.91 Å². The highest BCUT2D eigenvalue weighted by atomic mass is 16.5. The summed E-state index contributed by atoms with van der Waals surface area (Å²) in [4.78, 5) is 33.8. The van der Waals surface area contributed by atoms with Gasteiger partial charge in [0.1, 0.15) is 6.10 Å². The summed E-state index contributed by atoms with van der Waals surface area (Å²) in [6, 6.07) is -1.55. The minimum atomic E-state index is -1.14. The smallest absolute Gasteiger partial charge is 0.308 e. The van der Waals surface area contributed by atoms with Crippen LogP contribution in [0, 0.1) is 0 Å². The number of amides is 1. The minimum absolute atomic E-state index is 0.0107. The average molecular weight is 300 g/mol. The van der Waals surface area contributed by atoms with Gasteiger partial charge in [-0.25, -0.2) is 0 Å². The van der Waals surface area contributed by atoms with Crippen LogP contribution in [0.25, 0.3) is 0 Å². The fourth-order valence-corrected chi connectivity index (χ4v) is 2.35. The lowest BCUT2D eigenvalue weighted by Crippen LogP contribution is -2.46. The highest BCUT2D eigenvalue weighted by Crippen LogP contribution is 2.20. The third kappa shape index (κ3) is 7.08. The molecular formula is C14H24N2O5. The van der Waals surface area contributed by atoms with E-state index in [2.05, 4.69) is 5.32 Å². The molecular weight excluding hydrogens is 276 g/mol. The molecule has 7 nitrogen and oxygen atoms in total. The molecule has 0 aromatic carbocycles. The summed E-state index contributed by atoms with van der Waals surface area (Å²) in [5.74, 6) is -2.06. The van der Waals surface area contributed by atoms with Crippen LogP contribution in [-0.2, 0) is 19.1 Å². The molecule has 0 unspecified atom stereocenters. The molecule has 0 aromatic rings. The van der Waals surface area contributed by atoms with Gasteiger partial charge in [0.25, 0.3) is 0 Å². The molecule has 2 atom stereocenters. The van der Waals surface area contributed by atoms with Crippen molar-refractivity contribution in [3.05, 3.63) is 0 Å². The molecule has 0 bridgehead atoms. The Morgan fingerprint density at radius 3 is 2.43 bits per heavy atom. The van der Waals surface area contributed by atoms with E-state index in [4.69, 9.17) is 15.6 Å². The summed E-state index contributed by atoms with van der Waals surface area (Å²) in [6.45, 7) is 1.66. The average Bonchev–Trinajstić information content (AvgIpc) is 2.38. The van der Waals surface area contributed by atoms with Gasteiger partial charge in [0.05, 0.1) is 18.9 Å². The molecule has 0 heterocycles. The predicted octanol–water partition coefficient (Wildman–Crippen LogP) is 0.559. The Balaban J connectivity index is 2.28. The van der Waals surface area contributed by atoms with E-state index in [1.54, 1.807) is 6.92 Å². The van der Waals surface area contributed by atoms with Crippen LogP contribution in [0.4, 0.5) is 0 Å². The van der Waals surface area contributed by atoms with Crippen molar-refractivity contribution >= 4 is 17.8 Å². The van der Waals surface area contributed by atoms with E-state index in [-0.39, 0.29) is 18.5 Å². The standard InChI is InChI=1S/C14H24N2O5/c1-9(16-14(20)11(15)8-12(17)18)7-13(19)21-10-5-3-2-4-6-10/h9-11H,2-8,15H2,1H3,(H,16,20)(H,17,18)/t9-,11+/m0/s1. The van der Waals surface area contributed by atoms with Crippen LogP contribution in [0.5, 0.6) is 0 Å². The first-order valence-corrected chi connectivity index (χ1v) is 7.35. The molecule has 1 rings (SSSR count). The lowest BCUT2D eigenvalue weighted by Gasteiger charge is -2.23. The quantitative estimate of drug-likeness (QED) is 0.591. The van der Waals surface area contributed by atoms with Crippen molar-refractivity contribution < 1.29 is 24.2 Å². The Hall–Kier alpha value is -1.63. The Kier molecular flexibility index (Phi) is 7.14. The number of carboxylic acid groups (broad SMARTS) is 1. The number of carbonyl (C=O) groups is 3. The van der Waals surface area contributed by atoms with Crippen LogP contribution in [0.2, 0.25) is 0 Å². The maximum Gasteiger partial charge on any atom is 0.308 e. The fraction of sp³-hybridized carbons (Fsp3) is 0.786. The van der Waals surface area contributed by atoms with Gasteiger partial charge in [-0.2, -0.15) is 0 Å². The SMILES string of the molecule is C[C@@H](CC(=O)OC1CCCCC1)NC(=O)[C@H](N)CC(=O)O. The second-order valence-corrected chi connectivity index (χ2v) is 5.57.